The average molecular weight is 257 g/mol. The molecule has 106 valence electrons. The quantitative estimate of drug-likeness (QED) is 0.720. The number of ether oxygens (including phenoxy) is 1. The lowest BCUT2D eigenvalue weighted by Gasteiger charge is -2.38. The second kappa shape index (κ2) is 6.50. The summed E-state index contributed by atoms with van der Waals surface area (Å²) in [6, 6.07) is 0.0274. The van der Waals surface area contributed by atoms with E-state index in [1.807, 2.05) is 13.8 Å². The van der Waals surface area contributed by atoms with Gasteiger partial charge >= 0.3 is 0 Å². The zero-order valence-corrected chi connectivity index (χ0v) is 12.0. The predicted octanol–water partition coefficient (Wildman–Crippen LogP) is 0.339. The maximum atomic E-state index is 11.4. The lowest BCUT2D eigenvalue weighted by molar-refractivity contribution is -0.120. The summed E-state index contributed by atoms with van der Waals surface area (Å²) in [5, 5.41) is 3.21. The van der Waals surface area contributed by atoms with Gasteiger partial charge in [-0.2, -0.15) is 0 Å². The second-order valence-electron chi connectivity index (χ2n) is 5.95. The first-order valence-electron chi connectivity index (χ1n) is 6.72. The standard InChI is InChI=1S/C13H27N3O2/c1-10(2)15-11(12(14)17)5-6-16-7-8-18-13(3,4)9-16/h10-11,15H,5-9H2,1-4H3,(H2,14,17). The van der Waals surface area contributed by atoms with Gasteiger partial charge in [0, 0.05) is 25.7 Å². The van der Waals surface area contributed by atoms with Gasteiger partial charge in [-0.15, -0.1) is 0 Å². The number of primary amides is 1. The average Bonchev–Trinajstić information content (AvgIpc) is 2.22. The SMILES string of the molecule is CC(C)NC(CCN1CCOC(C)(C)C1)C(N)=O. The Morgan fingerprint density at radius 1 is 1.50 bits per heavy atom. The maximum absolute atomic E-state index is 11.4. The van der Waals surface area contributed by atoms with Crippen molar-refractivity contribution in [1.29, 1.82) is 0 Å². The van der Waals surface area contributed by atoms with Crippen LogP contribution in [0.4, 0.5) is 0 Å². The number of carbonyl (C=O) groups is 1. The van der Waals surface area contributed by atoms with Crippen LogP contribution in [-0.2, 0) is 9.53 Å². The number of hydrogen-bond acceptors (Lipinski definition) is 4. The van der Waals surface area contributed by atoms with Crippen molar-refractivity contribution in [2.45, 2.75) is 51.8 Å². The highest BCUT2D eigenvalue weighted by molar-refractivity contribution is 5.79. The van der Waals surface area contributed by atoms with Crippen LogP contribution in [0.2, 0.25) is 0 Å². The molecule has 5 nitrogen and oxygen atoms in total. The zero-order chi connectivity index (χ0) is 13.8. The van der Waals surface area contributed by atoms with Gasteiger partial charge in [0.15, 0.2) is 0 Å². The van der Waals surface area contributed by atoms with E-state index in [4.69, 9.17) is 10.5 Å². The highest BCUT2D eigenvalue weighted by Gasteiger charge is 2.27. The van der Waals surface area contributed by atoms with Gasteiger partial charge in [-0.05, 0) is 20.3 Å². The largest absolute Gasteiger partial charge is 0.373 e. The van der Waals surface area contributed by atoms with E-state index in [1.165, 1.54) is 0 Å². The van der Waals surface area contributed by atoms with Crippen LogP contribution in [0.3, 0.4) is 0 Å². The smallest absolute Gasteiger partial charge is 0.234 e. The molecule has 0 aromatic carbocycles. The Morgan fingerprint density at radius 2 is 2.17 bits per heavy atom. The number of nitrogens with one attached hydrogen (secondary N) is 1. The van der Waals surface area contributed by atoms with Gasteiger partial charge < -0.3 is 15.8 Å². The van der Waals surface area contributed by atoms with E-state index in [2.05, 4.69) is 24.1 Å². The first-order valence-corrected chi connectivity index (χ1v) is 6.72. The summed E-state index contributed by atoms with van der Waals surface area (Å²) in [5.74, 6) is -0.267. The number of nitrogens with two attached hydrogens (primary N) is 1. The van der Waals surface area contributed by atoms with Gasteiger partial charge in [0.25, 0.3) is 0 Å². The molecule has 1 unspecified atom stereocenters. The molecule has 0 aromatic rings. The monoisotopic (exact) mass is 257 g/mol. The maximum Gasteiger partial charge on any atom is 0.234 e. The molecule has 5 heteroatoms. The summed E-state index contributed by atoms with van der Waals surface area (Å²) in [6.45, 7) is 11.7. The van der Waals surface area contributed by atoms with Crippen LogP contribution in [0.5, 0.6) is 0 Å². The van der Waals surface area contributed by atoms with E-state index in [9.17, 15) is 4.79 Å². The van der Waals surface area contributed by atoms with Crippen LogP contribution >= 0.6 is 0 Å². The summed E-state index contributed by atoms with van der Waals surface area (Å²) < 4.78 is 5.67. The van der Waals surface area contributed by atoms with Gasteiger partial charge in [0.2, 0.25) is 5.91 Å². The number of rotatable bonds is 6. The predicted molar refractivity (Wildman–Crippen MR) is 72.3 cm³/mol. The van der Waals surface area contributed by atoms with Crippen molar-refractivity contribution in [2.75, 3.05) is 26.2 Å². The molecule has 0 radical (unpaired) electrons. The molecule has 1 aliphatic rings. The van der Waals surface area contributed by atoms with Gasteiger partial charge in [-0.1, -0.05) is 13.8 Å². The van der Waals surface area contributed by atoms with Crippen LogP contribution in [0.25, 0.3) is 0 Å². The molecule has 0 bridgehead atoms. The molecule has 0 spiro atoms. The van der Waals surface area contributed by atoms with Crippen LogP contribution in [0.15, 0.2) is 0 Å². The third-order valence-corrected chi connectivity index (χ3v) is 3.12. The molecule has 0 aromatic heterocycles. The number of carbonyl (C=O) groups excluding carboxylic acids is 1. The Morgan fingerprint density at radius 3 is 2.67 bits per heavy atom. The molecule has 1 saturated heterocycles. The van der Waals surface area contributed by atoms with E-state index in [0.717, 1.165) is 32.7 Å². The van der Waals surface area contributed by atoms with E-state index < -0.39 is 0 Å². The molecule has 1 aliphatic heterocycles. The molecule has 1 heterocycles. The zero-order valence-electron chi connectivity index (χ0n) is 12.0. The van der Waals surface area contributed by atoms with Crippen molar-refractivity contribution in [1.82, 2.24) is 10.2 Å². The van der Waals surface area contributed by atoms with Crippen LogP contribution < -0.4 is 11.1 Å². The highest BCUT2D eigenvalue weighted by Crippen LogP contribution is 2.16. The molecule has 1 rings (SSSR count). The van der Waals surface area contributed by atoms with Gasteiger partial charge in [0.1, 0.15) is 0 Å². The topological polar surface area (TPSA) is 67.6 Å². The fourth-order valence-electron chi connectivity index (χ4n) is 2.33. The van der Waals surface area contributed by atoms with Crippen molar-refractivity contribution >= 4 is 5.91 Å². The van der Waals surface area contributed by atoms with Crippen molar-refractivity contribution in [2.24, 2.45) is 5.73 Å². The normalized spacial score (nSPS) is 22.1. The van der Waals surface area contributed by atoms with Crippen LogP contribution in [-0.4, -0.2) is 54.7 Å². The molecule has 0 aliphatic carbocycles. The summed E-state index contributed by atoms with van der Waals surface area (Å²) >= 11 is 0. The van der Waals surface area contributed by atoms with Gasteiger partial charge in [0.05, 0.1) is 18.2 Å². The highest BCUT2D eigenvalue weighted by atomic mass is 16.5. The first kappa shape index (κ1) is 15.4. The molecule has 1 atom stereocenters. The molecular formula is C13H27N3O2. The number of hydrogen-bond donors (Lipinski definition) is 2. The number of amides is 1. The third kappa shape index (κ3) is 5.33. The minimum atomic E-state index is -0.267. The molecule has 18 heavy (non-hydrogen) atoms. The molecule has 1 amide bonds. The number of nitrogens with zero attached hydrogens (tertiary/aromatic N) is 1. The molecular weight excluding hydrogens is 230 g/mol. The number of morpholine rings is 1. The molecule has 1 fully saturated rings. The second-order valence-corrected chi connectivity index (χ2v) is 5.95. The minimum Gasteiger partial charge on any atom is -0.373 e. The van der Waals surface area contributed by atoms with E-state index >= 15 is 0 Å². The Labute approximate surface area is 110 Å². The Bertz CT molecular complexity index is 279. The third-order valence-electron chi connectivity index (χ3n) is 3.12. The molecule has 3 N–H and O–H groups in total. The fraction of sp³-hybridized carbons (Fsp3) is 0.923. The summed E-state index contributed by atoms with van der Waals surface area (Å²) in [4.78, 5) is 13.7. The lowest BCUT2D eigenvalue weighted by atomic mass is 10.1. The van der Waals surface area contributed by atoms with E-state index in [1.54, 1.807) is 0 Å². The van der Waals surface area contributed by atoms with Crippen LogP contribution in [0, 0.1) is 0 Å². The summed E-state index contributed by atoms with van der Waals surface area (Å²) in [5.41, 5.74) is 5.32. The van der Waals surface area contributed by atoms with Crippen molar-refractivity contribution in [3.05, 3.63) is 0 Å². The van der Waals surface area contributed by atoms with Crippen LogP contribution in [0.1, 0.15) is 34.1 Å². The van der Waals surface area contributed by atoms with E-state index in [-0.39, 0.29) is 23.6 Å². The van der Waals surface area contributed by atoms with Crippen molar-refractivity contribution < 1.29 is 9.53 Å². The molecule has 0 saturated carbocycles. The fourth-order valence-corrected chi connectivity index (χ4v) is 2.33. The first-order chi connectivity index (χ1) is 8.30. The van der Waals surface area contributed by atoms with E-state index in [0.29, 0.717) is 0 Å². The summed E-state index contributed by atoms with van der Waals surface area (Å²) in [6.07, 6.45) is 0.754. The minimum absolute atomic E-state index is 0.0913. The van der Waals surface area contributed by atoms with Gasteiger partial charge in [-0.3, -0.25) is 9.69 Å². The summed E-state index contributed by atoms with van der Waals surface area (Å²) in [7, 11) is 0. The Balaban J connectivity index is 2.39. The van der Waals surface area contributed by atoms with Crippen molar-refractivity contribution in [3.63, 3.8) is 0 Å². The van der Waals surface area contributed by atoms with Gasteiger partial charge in [-0.25, -0.2) is 0 Å². The lowest BCUT2D eigenvalue weighted by Crippen LogP contribution is -2.51. The Hall–Kier alpha value is -0.650. The Kier molecular flexibility index (Phi) is 5.56. The van der Waals surface area contributed by atoms with Crippen molar-refractivity contribution in [3.8, 4) is 0 Å².